The molecule has 0 aliphatic heterocycles. The summed E-state index contributed by atoms with van der Waals surface area (Å²) in [6, 6.07) is 35.5. The van der Waals surface area contributed by atoms with Crippen molar-refractivity contribution in [3.63, 3.8) is 0 Å². The zero-order valence-corrected chi connectivity index (χ0v) is 18.2. The van der Waals surface area contributed by atoms with Crippen LogP contribution in [0.15, 0.2) is 115 Å². The van der Waals surface area contributed by atoms with Crippen LogP contribution in [0.25, 0.3) is 38.5 Å². The molecule has 1 atom stereocenters. The van der Waals surface area contributed by atoms with Crippen LogP contribution in [0.3, 0.4) is 0 Å². The highest BCUT2D eigenvalue weighted by atomic mass is 15.0. The fourth-order valence-corrected chi connectivity index (χ4v) is 4.93. The van der Waals surface area contributed by atoms with Crippen LogP contribution in [0.1, 0.15) is 23.6 Å². The topological polar surface area (TPSA) is 4.93 Å². The third-order valence-electron chi connectivity index (χ3n) is 6.61. The lowest BCUT2D eigenvalue weighted by Gasteiger charge is -2.21. The Morgan fingerprint density at radius 1 is 0.656 bits per heavy atom. The van der Waals surface area contributed by atoms with E-state index in [0.29, 0.717) is 6.04 Å². The summed E-state index contributed by atoms with van der Waals surface area (Å²) < 4.78 is 2.51. The molecule has 1 aliphatic rings. The standard InChI is InChI=1S/C31H25N/c1-22-11-13-24(14-12-22)25-15-18-27(19-16-25)32-30-10-6-5-9-28(30)29-21-26(17-20-31(29)32)23-7-3-2-4-8-23/h2-18,20-21,27H,19H2,1H3. The lowest BCUT2D eigenvalue weighted by atomic mass is 9.96. The molecule has 0 spiro atoms. The van der Waals surface area contributed by atoms with Crippen LogP contribution in [0, 0.1) is 6.92 Å². The van der Waals surface area contributed by atoms with Crippen molar-refractivity contribution in [2.75, 3.05) is 0 Å². The number of para-hydroxylation sites is 1. The molecule has 1 aliphatic carbocycles. The number of hydrogen-bond acceptors (Lipinski definition) is 0. The Hall–Kier alpha value is -3.84. The molecule has 1 unspecified atom stereocenters. The van der Waals surface area contributed by atoms with Gasteiger partial charge >= 0.3 is 0 Å². The average Bonchev–Trinajstić information content (AvgIpc) is 3.19. The fraction of sp³-hybridized carbons (Fsp3) is 0.0968. The summed E-state index contributed by atoms with van der Waals surface area (Å²) in [6.45, 7) is 2.14. The first kappa shape index (κ1) is 18.9. The van der Waals surface area contributed by atoms with Gasteiger partial charge in [0.05, 0.1) is 6.04 Å². The van der Waals surface area contributed by atoms with E-state index in [1.807, 2.05) is 0 Å². The maximum absolute atomic E-state index is 2.51. The van der Waals surface area contributed by atoms with E-state index in [1.165, 1.54) is 49.6 Å². The SMILES string of the molecule is Cc1ccc(C2=CCC(n3c4ccccc4c4cc(-c5ccccc5)ccc43)C=C2)cc1. The summed E-state index contributed by atoms with van der Waals surface area (Å²) in [5, 5.41) is 2.64. The molecular weight excluding hydrogens is 386 g/mol. The number of aromatic nitrogens is 1. The molecule has 4 aromatic carbocycles. The Bertz CT molecular complexity index is 1480. The predicted molar refractivity (Wildman–Crippen MR) is 137 cm³/mol. The smallest absolute Gasteiger partial charge is 0.0560 e. The summed E-state index contributed by atoms with van der Waals surface area (Å²) in [5.74, 6) is 0. The molecule has 32 heavy (non-hydrogen) atoms. The van der Waals surface area contributed by atoms with Gasteiger partial charge in [0.25, 0.3) is 0 Å². The van der Waals surface area contributed by atoms with Crippen LogP contribution in [-0.2, 0) is 0 Å². The third kappa shape index (κ3) is 3.18. The van der Waals surface area contributed by atoms with Gasteiger partial charge in [0, 0.05) is 21.8 Å². The van der Waals surface area contributed by atoms with Crippen molar-refractivity contribution in [3.8, 4) is 11.1 Å². The molecule has 0 bridgehead atoms. The van der Waals surface area contributed by atoms with E-state index in [-0.39, 0.29) is 0 Å². The Morgan fingerprint density at radius 3 is 2.16 bits per heavy atom. The maximum atomic E-state index is 2.51. The van der Waals surface area contributed by atoms with Gasteiger partial charge < -0.3 is 4.57 Å². The number of allylic oxidation sites excluding steroid dienone is 4. The molecule has 1 heteroatoms. The number of hydrogen-bond donors (Lipinski definition) is 0. The van der Waals surface area contributed by atoms with Crippen LogP contribution in [0.5, 0.6) is 0 Å². The molecule has 0 amide bonds. The second-order valence-corrected chi connectivity index (χ2v) is 8.67. The van der Waals surface area contributed by atoms with Gasteiger partial charge in [-0.25, -0.2) is 0 Å². The van der Waals surface area contributed by atoms with Crippen molar-refractivity contribution >= 4 is 27.4 Å². The predicted octanol–water partition coefficient (Wildman–Crippen LogP) is 8.35. The minimum absolute atomic E-state index is 0.314. The van der Waals surface area contributed by atoms with Gasteiger partial charge in [-0.05, 0) is 53.8 Å². The molecule has 154 valence electrons. The number of rotatable bonds is 3. The molecule has 1 heterocycles. The van der Waals surface area contributed by atoms with E-state index in [1.54, 1.807) is 0 Å². The largest absolute Gasteiger partial charge is 0.333 e. The van der Waals surface area contributed by atoms with Gasteiger partial charge in [-0.3, -0.25) is 0 Å². The normalized spacial score (nSPS) is 15.9. The molecule has 5 aromatic rings. The van der Waals surface area contributed by atoms with Gasteiger partial charge in [0.15, 0.2) is 0 Å². The van der Waals surface area contributed by atoms with Gasteiger partial charge in [-0.15, -0.1) is 0 Å². The first-order valence-corrected chi connectivity index (χ1v) is 11.3. The highest BCUT2D eigenvalue weighted by Gasteiger charge is 2.18. The molecule has 1 nitrogen and oxygen atoms in total. The molecular formula is C31H25N. The number of aryl methyl sites for hydroxylation is 1. The quantitative estimate of drug-likeness (QED) is 0.281. The van der Waals surface area contributed by atoms with Crippen molar-refractivity contribution in [1.29, 1.82) is 0 Å². The Kier molecular flexibility index (Phi) is 4.54. The Balaban J connectivity index is 1.44. The monoisotopic (exact) mass is 411 g/mol. The Morgan fingerprint density at radius 2 is 1.38 bits per heavy atom. The summed E-state index contributed by atoms with van der Waals surface area (Å²) in [5.41, 5.74) is 9.03. The first-order chi connectivity index (χ1) is 15.8. The van der Waals surface area contributed by atoms with Crippen molar-refractivity contribution in [3.05, 3.63) is 126 Å². The number of benzene rings is 4. The summed E-state index contributed by atoms with van der Waals surface area (Å²) in [6.07, 6.45) is 8.03. The third-order valence-corrected chi connectivity index (χ3v) is 6.61. The number of fused-ring (bicyclic) bond motifs is 3. The second kappa shape index (κ2) is 7.69. The summed E-state index contributed by atoms with van der Waals surface area (Å²) in [7, 11) is 0. The summed E-state index contributed by atoms with van der Waals surface area (Å²) in [4.78, 5) is 0. The fourth-order valence-electron chi connectivity index (χ4n) is 4.93. The second-order valence-electron chi connectivity index (χ2n) is 8.67. The average molecular weight is 412 g/mol. The molecule has 0 radical (unpaired) electrons. The highest BCUT2D eigenvalue weighted by molar-refractivity contribution is 6.09. The van der Waals surface area contributed by atoms with E-state index in [2.05, 4.69) is 127 Å². The molecule has 0 saturated heterocycles. The van der Waals surface area contributed by atoms with Gasteiger partial charge in [-0.2, -0.15) is 0 Å². The van der Waals surface area contributed by atoms with Crippen LogP contribution in [0.2, 0.25) is 0 Å². The van der Waals surface area contributed by atoms with Gasteiger partial charge in [-0.1, -0.05) is 103 Å². The van der Waals surface area contributed by atoms with Crippen LogP contribution in [-0.4, -0.2) is 4.57 Å². The zero-order chi connectivity index (χ0) is 21.5. The van der Waals surface area contributed by atoms with E-state index in [4.69, 9.17) is 0 Å². The molecule has 0 fully saturated rings. The van der Waals surface area contributed by atoms with Crippen LogP contribution >= 0.6 is 0 Å². The van der Waals surface area contributed by atoms with Gasteiger partial charge in [0.1, 0.15) is 0 Å². The van der Waals surface area contributed by atoms with Crippen LogP contribution in [0.4, 0.5) is 0 Å². The minimum Gasteiger partial charge on any atom is -0.333 e. The van der Waals surface area contributed by atoms with E-state index < -0.39 is 0 Å². The molecule has 0 saturated carbocycles. The lowest BCUT2D eigenvalue weighted by Crippen LogP contribution is -2.08. The van der Waals surface area contributed by atoms with Crippen molar-refractivity contribution in [1.82, 2.24) is 4.57 Å². The first-order valence-electron chi connectivity index (χ1n) is 11.3. The summed E-state index contributed by atoms with van der Waals surface area (Å²) >= 11 is 0. The van der Waals surface area contributed by atoms with Gasteiger partial charge in [0.2, 0.25) is 0 Å². The molecule has 1 aromatic heterocycles. The van der Waals surface area contributed by atoms with E-state index in [0.717, 1.165) is 6.42 Å². The van der Waals surface area contributed by atoms with Crippen molar-refractivity contribution in [2.24, 2.45) is 0 Å². The number of nitrogens with zero attached hydrogens (tertiary/aromatic N) is 1. The van der Waals surface area contributed by atoms with Crippen molar-refractivity contribution in [2.45, 2.75) is 19.4 Å². The maximum Gasteiger partial charge on any atom is 0.0560 e. The molecule has 6 rings (SSSR count). The minimum atomic E-state index is 0.314. The van der Waals surface area contributed by atoms with Crippen LogP contribution < -0.4 is 0 Å². The highest BCUT2D eigenvalue weighted by Crippen LogP contribution is 2.37. The zero-order valence-electron chi connectivity index (χ0n) is 18.2. The van der Waals surface area contributed by atoms with E-state index in [9.17, 15) is 0 Å². The van der Waals surface area contributed by atoms with Crippen molar-refractivity contribution < 1.29 is 0 Å². The lowest BCUT2D eigenvalue weighted by molar-refractivity contribution is 0.649. The van der Waals surface area contributed by atoms with E-state index >= 15 is 0 Å². The Labute approximate surface area is 188 Å². The molecule has 0 N–H and O–H groups in total.